The maximum atomic E-state index is 10.1. The molecule has 0 aromatic carbocycles. The van der Waals surface area contributed by atoms with Gasteiger partial charge in [0, 0.05) is 12.8 Å². The van der Waals surface area contributed by atoms with Gasteiger partial charge in [-0.15, -0.1) is 5.92 Å². The van der Waals surface area contributed by atoms with E-state index in [-0.39, 0.29) is 12.2 Å². The highest BCUT2D eigenvalue weighted by Gasteiger charge is 2.36. The van der Waals surface area contributed by atoms with Gasteiger partial charge >= 0.3 is 0 Å². The molecule has 0 spiro atoms. The SMILES string of the molecule is CCCCCCC#C[C@H]1O[C@H]1CCC=O. The summed E-state index contributed by atoms with van der Waals surface area (Å²) >= 11 is 0. The highest BCUT2D eigenvalue weighted by Crippen LogP contribution is 2.25. The minimum Gasteiger partial charge on any atom is -0.356 e. The maximum absolute atomic E-state index is 10.1. The van der Waals surface area contributed by atoms with Gasteiger partial charge in [-0.3, -0.25) is 0 Å². The molecule has 1 heterocycles. The van der Waals surface area contributed by atoms with Crippen LogP contribution in [0.3, 0.4) is 0 Å². The van der Waals surface area contributed by atoms with Crippen LogP contribution in [0.2, 0.25) is 0 Å². The highest BCUT2D eigenvalue weighted by molar-refractivity contribution is 5.49. The lowest BCUT2D eigenvalue weighted by Gasteiger charge is -1.91. The molecule has 2 heteroatoms. The van der Waals surface area contributed by atoms with Crippen LogP contribution in [0, 0.1) is 11.8 Å². The van der Waals surface area contributed by atoms with Crippen molar-refractivity contribution in [3.63, 3.8) is 0 Å². The molecule has 1 aliphatic rings. The Bertz CT molecular complexity index is 237. The molecule has 0 aliphatic carbocycles. The number of ether oxygens (including phenoxy) is 1. The van der Waals surface area contributed by atoms with E-state index < -0.39 is 0 Å². The largest absolute Gasteiger partial charge is 0.356 e. The normalized spacial score (nSPS) is 23.0. The Labute approximate surface area is 92.4 Å². The van der Waals surface area contributed by atoms with Crippen LogP contribution in [-0.4, -0.2) is 18.5 Å². The third kappa shape index (κ3) is 5.59. The van der Waals surface area contributed by atoms with Gasteiger partial charge in [0.1, 0.15) is 12.4 Å². The predicted molar refractivity (Wildman–Crippen MR) is 60.5 cm³/mol. The fraction of sp³-hybridized carbons (Fsp3) is 0.769. The summed E-state index contributed by atoms with van der Waals surface area (Å²) in [4.78, 5) is 10.1. The first-order chi connectivity index (χ1) is 7.38. The maximum Gasteiger partial charge on any atom is 0.144 e. The van der Waals surface area contributed by atoms with Crippen LogP contribution in [0.4, 0.5) is 0 Å². The zero-order valence-corrected chi connectivity index (χ0v) is 9.50. The van der Waals surface area contributed by atoms with Gasteiger partial charge in [-0.2, -0.15) is 0 Å². The minimum atomic E-state index is 0.121. The first kappa shape index (κ1) is 12.3. The van der Waals surface area contributed by atoms with Gasteiger partial charge in [-0.25, -0.2) is 0 Å². The topological polar surface area (TPSA) is 29.6 Å². The molecule has 15 heavy (non-hydrogen) atoms. The molecule has 1 fully saturated rings. The average molecular weight is 208 g/mol. The third-order valence-corrected chi connectivity index (χ3v) is 2.55. The molecule has 0 aromatic heterocycles. The van der Waals surface area contributed by atoms with E-state index in [4.69, 9.17) is 4.74 Å². The molecule has 1 aliphatic heterocycles. The van der Waals surface area contributed by atoms with E-state index in [1.54, 1.807) is 0 Å². The Morgan fingerprint density at radius 3 is 2.93 bits per heavy atom. The predicted octanol–water partition coefficient (Wildman–Crippen LogP) is 2.71. The molecule has 0 bridgehead atoms. The van der Waals surface area contributed by atoms with Crippen LogP contribution >= 0.6 is 0 Å². The van der Waals surface area contributed by atoms with Crippen LogP contribution in [0.5, 0.6) is 0 Å². The lowest BCUT2D eigenvalue weighted by Crippen LogP contribution is -1.91. The van der Waals surface area contributed by atoms with Crippen molar-refractivity contribution in [3.05, 3.63) is 0 Å². The fourth-order valence-electron chi connectivity index (χ4n) is 1.53. The number of rotatable bonds is 7. The number of unbranched alkanes of at least 4 members (excludes halogenated alkanes) is 4. The first-order valence-electron chi connectivity index (χ1n) is 5.96. The quantitative estimate of drug-likeness (QED) is 0.279. The molecule has 0 aromatic rings. The number of aldehydes is 1. The zero-order valence-electron chi connectivity index (χ0n) is 9.50. The summed E-state index contributed by atoms with van der Waals surface area (Å²) in [7, 11) is 0. The molecular formula is C13H20O2. The van der Waals surface area contributed by atoms with Gasteiger partial charge in [0.2, 0.25) is 0 Å². The first-order valence-corrected chi connectivity index (χ1v) is 5.96. The van der Waals surface area contributed by atoms with Crippen molar-refractivity contribution in [3.8, 4) is 11.8 Å². The van der Waals surface area contributed by atoms with E-state index in [2.05, 4.69) is 18.8 Å². The van der Waals surface area contributed by atoms with Gasteiger partial charge < -0.3 is 9.53 Å². The average Bonchev–Trinajstić information content (AvgIpc) is 2.99. The third-order valence-electron chi connectivity index (χ3n) is 2.55. The summed E-state index contributed by atoms with van der Waals surface area (Å²) in [5, 5.41) is 0. The summed E-state index contributed by atoms with van der Waals surface area (Å²) in [6.45, 7) is 2.21. The molecule has 0 N–H and O–H groups in total. The lowest BCUT2D eigenvalue weighted by molar-refractivity contribution is -0.108. The van der Waals surface area contributed by atoms with E-state index in [9.17, 15) is 4.79 Å². The molecule has 84 valence electrons. The van der Waals surface area contributed by atoms with Gasteiger partial charge in [0.05, 0.1) is 6.10 Å². The van der Waals surface area contributed by atoms with E-state index in [1.807, 2.05) is 0 Å². The van der Waals surface area contributed by atoms with Gasteiger partial charge in [-0.05, 0) is 12.8 Å². The highest BCUT2D eigenvalue weighted by atomic mass is 16.6. The van der Waals surface area contributed by atoms with Crippen LogP contribution in [0.25, 0.3) is 0 Å². The molecule has 1 rings (SSSR count). The summed E-state index contributed by atoms with van der Waals surface area (Å²) < 4.78 is 5.31. The number of hydrogen-bond acceptors (Lipinski definition) is 2. The molecule has 2 atom stereocenters. The van der Waals surface area contributed by atoms with Gasteiger partial charge in [-0.1, -0.05) is 32.1 Å². The summed E-state index contributed by atoms with van der Waals surface area (Å²) in [5.74, 6) is 6.25. The van der Waals surface area contributed by atoms with E-state index in [1.165, 1.54) is 25.7 Å². The Morgan fingerprint density at radius 1 is 1.33 bits per heavy atom. The number of carbonyl (C=O) groups excluding carboxylic acids is 1. The fourth-order valence-corrected chi connectivity index (χ4v) is 1.53. The number of hydrogen-bond donors (Lipinski definition) is 0. The smallest absolute Gasteiger partial charge is 0.144 e. The van der Waals surface area contributed by atoms with Crippen molar-refractivity contribution < 1.29 is 9.53 Å². The van der Waals surface area contributed by atoms with Crippen molar-refractivity contribution in [2.75, 3.05) is 0 Å². The molecule has 0 amide bonds. The molecular weight excluding hydrogens is 188 g/mol. The molecule has 0 radical (unpaired) electrons. The van der Waals surface area contributed by atoms with Gasteiger partial charge in [0.25, 0.3) is 0 Å². The second-order valence-corrected chi connectivity index (χ2v) is 3.97. The molecule has 0 unspecified atom stereocenters. The summed E-state index contributed by atoms with van der Waals surface area (Å²) in [6.07, 6.45) is 8.78. The number of epoxide rings is 1. The Morgan fingerprint density at radius 2 is 2.20 bits per heavy atom. The van der Waals surface area contributed by atoms with Crippen molar-refractivity contribution in [1.82, 2.24) is 0 Å². The second-order valence-electron chi connectivity index (χ2n) is 3.97. The summed E-state index contributed by atoms with van der Waals surface area (Å²) in [6, 6.07) is 0. The monoisotopic (exact) mass is 208 g/mol. The van der Waals surface area contributed by atoms with Crippen LogP contribution in [0.1, 0.15) is 51.9 Å². The Balaban J connectivity index is 1.96. The minimum absolute atomic E-state index is 0.121. The zero-order chi connectivity index (χ0) is 10.9. The Hall–Kier alpha value is -0.810. The van der Waals surface area contributed by atoms with Crippen molar-refractivity contribution >= 4 is 6.29 Å². The summed E-state index contributed by atoms with van der Waals surface area (Å²) in [5.41, 5.74) is 0. The standard InChI is InChI=1S/C13H20O2/c1-2-3-4-5-6-7-9-12-13(15-12)10-8-11-14/h11-13H,2-6,8,10H2,1H3/t12-,13+/m1/s1. The Kier molecular flexibility index (Phi) is 6.11. The van der Waals surface area contributed by atoms with Crippen molar-refractivity contribution in [1.29, 1.82) is 0 Å². The lowest BCUT2D eigenvalue weighted by atomic mass is 10.1. The number of carbonyl (C=O) groups is 1. The van der Waals surface area contributed by atoms with Crippen LogP contribution in [0.15, 0.2) is 0 Å². The van der Waals surface area contributed by atoms with E-state index in [0.717, 1.165) is 19.1 Å². The van der Waals surface area contributed by atoms with E-state index in [0.29, 0.717) is 6.42 Å². The molecule has 2 nitrogen and oxygen atoms in total. The van der Waals surface area contributed by atoms with Gasteiger partial charge in [0.15, 0.2) is 0 Å². The second kappa shape index (κ2) is 7.48. The molecule has 0 saturated carbocycles. The van der Waals surface area contributed by atoms with E-state index >= 15 is 0 Å². The van der Waals surface area contributed by atoms with Crippen molar-refractivity contribution in [2.45, 2.75) is 64.1 Å². The van der Waals surface area contributed by atoms with Crippen molar-refractivity contribution in [2.24, 2.45) is 0 Å². The molecule has 1 saturated heterocycles. The van der Waals surface area contributed by atoms with Crippen LogP contribution in [-0.2, 0) is 9.53 Å². The van der Waals surface area contributed by atoms with Crippen LogP contribution < -0.4 is 0 Å².